The molecular weight excluding hydrogens is 374 g/mol. The van der Waals surface area contributed by atoms with Crippen LogP contribution in [0.1, 0.15) is 29.7 Å². The Morgan fingerprint density at radius 3 is 2.60 bits per heavy atom. The van der Waals surface area contributed by atoms with E-state index in [1.54, 1.807) is 13.1 Å². The molecule has 2 aromatic carbocycles. The molecule has 2 heterocycles. The molecule has 0 saturated carbocycles. The summed E-state index contributed by atoms with van der Waals surface area (Å²) in [5, 5.41) is 0. The van der Waals surface area contributed by atoms with Crippen molar-refractivity contribution in [2.45, 2.75) is 26.1 Å². The second kappa shape index (κ2) is 9.55. The molecule has 1 fully saturated rings. The maximum Gasteiger partial charge on any atom is 0.220 e. The number of carbonyl (C=O) groups excluding carboxylic acids is 1. The van der Waals surface area contributed by atoms with Crippen LogP contribution in [0.25, 0.3) is 0 Å². The molecule has 4 rings (SSSR count). The standard InChI is InChI=1S/C25H27N3O2/c1-20(29)28-15-14-27(18-24(28)22-9-3-2-4-10-22)17-23-11-5-6-12-25(23)30-19-21-8-7-13-26-16-21/h2-13,16,24H,14-15,17-19H2,1H3/t24-/m1/s1. The van der Waals surface area contributed by atoms with Gasteiger partial charge in [-0.25, -0.2) is 0 Å². The largest absolute Gasteiger partial charge is 0.489 e. The quantitative estimate of drug-likeness (QED) is 0.625. The summed E-state index contributed by atoms with van der Waals surface area (Å²) < 4.78 is 6.10. The van der Waals surface area contributed by atoms with E-state index in [2.05, 4.69) is 28.1 Å². The highest BCUT2D eigenvalue weighted by molar-refractivity contribution is 5.74. The molecule has 5 heteroatoms. The smallest absolute Gasteiger partial charge is 0.220 e. The normalized spacial score (nSPS) is 17.0. The minimum absolute atomic E-state index is 0.0703. The molecule has 0 bridgehead atoms. The van der Waals surface area contributed by atoms with E-state index in [9.17, 15) is 4.79 Å². The summed E-state index contributed by atoms with van der Waals surface area (Å²) in [6.45, 7) is 5.33. The first-order chi connectivity index (χ1) is 14.7. The van der Waals surface area contributed by atoms with Crippen molar-refractivity contribution < 1.29 is 9.53 Å². The van der Waals surface area contributed by atoms with Gasteiger partial charge in [-0.3, -0.25) is 14.7 Å². The SMILES string of the molecule is CC(=O)N1CCN(Cc2ccccc2OCc2cccnc2)C[C@@H]1c1ccccc1. The Morgan fingerprint density at radius 1 is 1.03 bits per heavy atom. The summed E-state index contributed by atoms with van der Waals surface area (Å²) >= 11 is 0. The van der Waals surface area contributed by atoms with Gasteiger partial charge in [-0.2, -0.15) is 0 Å². The van der Waals surface area contributed by atoms with Crippen molar-refractivity contribution in [3.05, 3.63) is 95.8 Å². The molecule has 1 aromatic heterocycles. The molecule has 1 atom stereocenters. The van der Waals surface area contributed by atoms with Crippen molar-refractivity contribution in [2.75, 3.05) is 19.6 Å². The number of hydrogen-bond donors (Lipinski definition) is 0. The van der Waals surface area contributed by atoms with Crippen LogP contribution in [0.4, 0.5) is 0 Å². The van der Waals surface area contributed by atoms with Crippen LogP contribution in [0.15, 0.2) is 79.1 Å². The van der Waals surface area contributed by atoms with E-state index in [0.717, 1.165) is 43.1 Å². The summed E-state index contributed by atoms with van der Waals surface area (Å²) in [6, 6.07) is 22.5. The van der Waals surface area contributed by atoms with Gasteiger partial charge in [0, 0.05) is 56.6 Å². The summed E-state index contributed by atoms with van der Waals surface area (Å²) in [5.41, 5.74) is 3.38. The summed E-state index contributed by atoms with van der Waals surface area (Å²) in [7, 11) is 0. The molecule has 0 aliphatic carbocycles. The topological polar surface area (TPSA) is 45.7 Å². The first-order valence-corrected chi connectivity index (χ1v) is 10.3. The van der Waals surface area contributed by atoms with E-state index >= 15 is 0 Å². The van der Waals surface area contributed by atoms with E-state index in [1.165, 1.54) is 5.56 Å². The summed E-state index contributed by atoms with van der Waals surface area (Å²) in [4.78, 5) is 20.7. The third-order valence-corrected chi connectivity index (χ3v) is 5.54. The van der Waals surface area contributed by atoms with Gasteiger partial charge in [0.25, 0.3) is 0 Å². The second-order valence-corrected chi connectivity index (χ2v) is 7.63. The Kier molecular flexibility index (Phi) is 6.40. The van der Waals surface area contributed by atoms with Gasteiger partial charge in [0.15, 0.2) is 0 Å². The van der Waals surface area contributed by atoms with Gasteiger partial charge in [-0.1, -0.05) is 54.6 Å². The van der Waals surface area contributed by atoms with Gasteiger partial charge in [0.05, 0.1) is 6.04 Å². The van der Waals surface area contributed by atoms with Gasteiger partial charge in [-0.05, 0) is 17.7 Å². The zero-order chi connectivity index (χ0) is 20.8. The predicted octanol–water partition coefficient (Wildman–Crippen LogP) is 4.07. The highest BCUT2D eigenvalue weighted by Gasteiger charge is 2.30. The van der Waals surface area contributed by atoms with Gasteiger partial charge >= 0.3 is 0 Å². The van der Waals surface area contributed by atoms with E-state index in [1.807, 2.05) is 59.6 Å². The van der Waals surface area contributed by atoms with E-state index in [-0.39, 0.29) is 11.9 Å². The Labute approximate surface area is 177 Å². The predicted molar refractivity (Wildman–Crippen MR) is 117 cm³/mol. The summed E-state index contributed by atoms with van der Waals surface area (Å²) in [6.07, 6.45) is 3.59. The molecule has 1 aliphatic heterocycles. The molecule has 0 unspecified atom stereocenters. The van der Waals surface area contributed by atoms with Gasteiger partial charge in [0.1, 0.15) is 12.4 Å². The lowest BCUT2D eigenvalue weighted by Crippen LogP contribution is -2.49. The molecule has 154 valence electrons. The highest BCUT2D eigenvalue weighted by atomic mass is 16.5. The van der Waals surface area contributed by atoms with Crippen LogP contribution in [-0.4, -0.2) is 40.3 Å². The second-order valence-electron chi connectivity index (χ2n) is 7.63. The maximum absolute atomic E-state index is 12.2. The van der Waals surface area contributed by atoms with E-state index in [0.29, 0.717) is 6.61 Å². The van der Waals surface area contributed by atoms with E-state index in [4.69, 9.17) is 4.74 Å². The number of hydrogen-bond acceptors (Lipinski definition) is 4. The molecule has 0 N–H and O–H groups in total. The number of rotatable bonds is 6. The van der Waals surface area contributed by atoms with Crippen LogP contribution in [-0.2, 0) is 17.9 Å². The number of ether oxygens (including phenoxy) is 1. The zero-order valence-corrected chi connectivity index (χ0v) is 17.3. The molecule has 1 amide bonds. The lowest BCUT2D eigenvalue weighted by atomic mass is 10.0. The average molecular weight is 402 g/mol. The van der Waals surface area contributed by atoms with Crippen LogP contribution in [0, 0.1) is 0 Å². The number of piperazine rings is 1. The minimum atomic E-state index is 0.0703. The molecule has 1 aliphatic rings. The Balaban J connectivity index is 1.47. The molecular formula is C25H27N3O2. The fourth-order valence-corrected chi connectivity index (χ4v) is 3.98. The first-order valence-electron chi connectivity index (χ1n) is 10.3. The number of para-hydroxylation sites is 1. The Morgan fingerprint density at radius 2 is 1.83 bits per heavy atom. The van der Waals surface area contributed by atoms with Gasteiger partial charge in [-0.15, -0.1) is 0 Å². The van der Waals surface area contributed by atoms with Crippen LogP contribution in [0.5, 0.6) is 5.75 Å². The fraction of sp³-hybridized carbons (Fsp3) is 0.280. The number of benzene rings is 2. The van der Waals surface area contributed by atoms with Crippen molar-refractivity contribution in [1.29, 1.82) is 0 Å². The Bertz CT molecular complexity index is 962. The van der Waals surface area contributed by atoms with Crippen LogP contribution in [0.3, 0.4) is 0 Å². The van der Waals surface area contributed by atoms with Crippen LogP contribution < -0.4 is 4.74 Å². The maximum atomic E-state index is 12.2. The third kappa shape index (κ3) is 4.86. The van der Waals surface area contributed by atoms with Crippen molar-refractivity contribution in [3.63, 3.8) is 0 Å². The van der Waals surface area contributed by atoms with Crippen molar-refractivity contribution in [2.24, 2.45) is 0 Å². The van der Waals surface area contributed by atoms with Crippen LogP contribution in [0.2, 0.25) is 0 Å². The van der Waals surface area contributed by atoms with Crippen molar-refractivity contribution in [1.82, 2.24) is 14.8 Å². The number of carbonyl (C=O) groups is 1. The molecule has 5 nitrogen and oxygen atoms in total. The Hall–Kier alpha value is -3.18. The average Bonchev–Trinajstić information content (AvgIpc) is 2.79. The third-order valence-electron chi connectivity index (χ3n) is 5.54. The van der Waals surface area contributed by atoms with Crippen LogP contribution >= 0.6 is 0 Å². The molecule has 3 aromatic rings. The fourth-order valence-electron chi connectivity index (χ4n) is 3.98. The van der Waals surface area contributed by atoms with Gasteiger partial charge in [0.2, 0.25) is 5.91 Å². The van der Waals surface area contributed by atoms with Crippen molar-refractivity contribution in [3.8, 4) is 5.75 Å². The number of amides is 1. The monoisotopic (exact) mass is 401 g/mol. The van der Waals surface area contributed by atoms with Crippen molar-refractivity contribution >= 4 is 5.91 Å². The molecule has 0 spiro atoms. The molecule has 0 radical (unpaired) electrons. The lowest BCUT2D eigenvalue weighted by molar-refractivity contribution is -0.134. The molecule has 1 saturated heterocycles. The lowest BCUT2D eigenvalue weighted by Gasteiger charge is -2.41. The minimum Gasteiger partial charge on any atom is -0.489 e. The number of pyridine rings is 1. The van der Waals surface area contributed by atoms with E-state index < -0.39 is 0 Å². The number of aromatic nitrogens is 1. The number of nitrogens with zero attached hydrogens (tertiary/aromatic N) is 3. The first kappa shape index (κ1) is 20.1. The van der Waals surface area contributed by atoms with Gasteiger partial charge < -0.3 is 9.64 Å². The highest BCUT2D eigenvalue weighted by Crippen LogP contribution is 2.28. The summed E-state index contributed by atoms with van der Waals surface area (Å²) in [5.74, 6) is 1.02. The zero-order valence-electron chi connectivity index (χ0n) is 17.3. The molecule has 30 heavy (non-hydrogen) atoms.